The maximum atomic E-state index is 10.5. The van der Waals surface area contributed by atoms with E-state index in [9.17, 15) is 4.79 Å². The van der Waals surface area contributed by atoms with Crippen LogP contribution in [0.2, 0.25) is 0 Å². The lowest BCUT2D eigenvalue weighted by Crippen LogP contribution is -2.24. The smallest absolute Gasteiger partial charge is 0.298 e. The number of nitrogens with one attached hydrogen (secondary N) is 2. The summed E-state index contributed by atoms with van der Waals surface area (Å²) in [5.74, 6) is 1.92. The fourth-order valence-corrected chi connectivity index (χ4v) is 3.27. The number of aromatic nitrogens is 1. The zero-order valence-electron chi connectivity index (χ0n) is 16.5. The van der Waals surface area contributed by atoms with Gasteiger partial charge >= 0.3 is 0 Å². The minimum Gasteiger partial charge on any atom is -0.490 e. The van der Waals surface area contributed by atoms with Crippen LogP contribution >= 0.6 is 0 Å². The predicted molar refractivity (Wildman–Crippen MR) is 115 cm³/mol. The van der Waals surface area contributed by atoms with Crippen LogP contribution in [0.4, 0.5) is 0 Å². The van der Waals surface area contributed by atoms with Crippen LogP contribution in [0.15, 0.2) is 49.3 Å². The van der Waals surface area contributed by atoms with Gasteiger partial charge in [-0.2, -0.15) is 0 Å². The van der Waals surface area contributed by atoms with Crippen molar-refractivity contribution in [3.8, 4) is 11.5 Å². The molecule has 3 rings (SSSR count). The number of hydrogen-bond acceptors (Lipinski definition) is 6. The van der Waals surface area contributed by atoms with Gasteiger partial charge in [0, 0.05) is 12.7 Å². The highest BCUT2D eigenvalue weighted by molar-refractivity contribution is 5.71. The van der Waals surface area contributed by atoms with E-state index in [1.165, 1.54) is 12.6 Å². The van der Waals surface area contributed by atoms with Gasteiger partial charge in [-0.3, -0.25) is 9.78 Å². The van der Waals surface area contributed by atoms with Gasteiger partial charge in [0.15, 0.2) is 0 Å². The number of hydrogen-bond donors (Lipinski definition) is 2. The van der Waals surface area contributed by atoms with E-state index in [0.29, 0.717) is 24.7 Å². The Morgan fingerprint density at radius 2 is 2.03 bits per heavy atom. The first-order chi connectivity index (χ1) is 14.3. The molecule has 6 heteroatoms. The molecule has 2 aromatic rings. The highest BCUT2D eigenvalue weighted by Crippen LogP contribution is 2.21. The summed E-state index contributed by atoms with van der Waals surface area (Å²) in [7, 11) is 0. The third-order valence-corrected chi connectivity index (χ3v) is 4.67. The van der Waals surface area contributed by atoms with Crippen molar-refractivity contribution in [2.45, 2.75) is 13.0 Å². The van der Waals surface area contributed by atoms with E-state index in [-0.39, 0.29) is 0 Å². The molecular formula is C23H27N3O3. The van der Waals surface area contributed by atoms with E-state index < -0.39 is 0 Å². The lowest BCUT2D eigenvalue weighted by molar-refractivity contribution is -0.120. The molecule has 0 radical (unpaired) electrons. The molecule has 1 atom stereocenters. The Kier molecular flexibility index (Phi) is 7.98. The zero-order chi connectivity index (χ0) is 20.3. The molecule has 1 aromatic heterocycles. The molecule has 2 N–H and O–H groups in total. The van der Waals surface area contributed by atoms with Crippen LogP contribution in [-0.4, -0.2) is 37.7 Å². The number of pyridine rings is 1. The van der Waals surface area contributed by atoms with Crippen molar-refractivity contribution < 1.29 is 14.3 Å². The Bertz CT molecular complexity index is 845. The standard InChI is InChI=1S/C23H27N3O3/c1-2-7-28-22-9-18(3-4-19-10-23(29-17-27)16-26-12-19)8-21(11-22)15-25-14-20-5-6-24-13-20/h2-4,8-12,16-17,20,24-25H,1,5-7,13-15H2/b4-3+. The maximum Gasteiger partial charge on any atom is 0.298 e. The number of nitrogens with zero attached hydrogens (tertiary/aromatic N) is 1. The van der Waals surface area contributed by atoms with Crippen LogP contribution in [0, 0.1) is 5.92 Å². The summed E-state index contributed by atoms with van der Waals surface area (Å²) >= 11 is 0. The van der Waals surface area contributed by atoms with E-state index in [1.54, 1.807) is 18.3 Å². The number of rotatable bonds is 11. The molecule has 1 fully saturated rings. The third-order valence-electron chi connectivity index (χ3n) is 4.67. The average molecular weight is 393 g/mol. The number of carbonyl (C=O) groups is 1. The van der Waals surface area contributed by atoms with Crippen LogP contribution in [0.5, 0.6) is 11.5 Å². The summed E-state index contributed by atoms with van der Waals surface area (Å²) in [6.07, 6.45) is 10.1. The summed E-state index contributed by atoms with van der Waals surface area (Å²) < 4.78 is 10.6. The molecule has 1 saturated heterocycles. The van der Waals surface area contributed by atoms with Gasteiger partial charge in [0.2, 0.25) is 0 Å². The minimum atomic E-state index is 0.395. The van der Waals surface area contributed by atoms with Crippen molar-refractivity contribution in [3.05, 3.63) is 66.0 Å². The topological polar surface area (TPSA) is 72.5 Å². The number of carbonyl (C=O) groups excluding carboxylic acids is 1. The van der Waals surface area contributed by atoms with E-state index in [2.05, 4.69) is 34.3 Å². The summed E-state index contributed by atoms with van der Waals surface area (Å²) in [4.78, 5) is 14.6. The largest absolute Gasteiger partial charge is 0.490 e. The van der Waals surface area contributed by atoms with Gasteiger partial charge in [0.05, 0.1) is 6.20 Å². The lowest BCUT2D eigenvalue weighted by atomic mass is 10.1. The van der Waals surface area contributed by atoms with Crippen molar-refractivity contribution in [2.24, 2.45) is 5.92 Å². The second kappa shape index (κ2) is 11.1. The summed E-state index contributed by atoms with van der Waals surface area (Å²) in [6.45, 7) is 8.56. The first kappa shape index (κ1) is 20.8. The summed E-state index contributed by atoms with van der Waals surface area (Å²) in [5, 5.41) is 6.94. The van der Waals surface area contributed by atoms with Crippen LogP contribution in [-0.2, 0) is 11.3 Å². The molecule has 29 heavy (non-hydrogen) atoms. The van der Waals surface area contributed by atoms with Gasteiger partial charge in [-0.05, 0) is 66.9 Å². The molecule has 0 bridgehead atoms. The molecule has 1 aromatic carbocycles. The van der Waals surface area contributed by atoms with Crippen molar-refractivity contribution in [2.75, 3.05) is 26.2 Å². The van der Waals surface area contributed by atoms with Gasteiger partial charge in [-0.25, -0.2) is 0 Å². The van der Waals surface area contributed by atoms with Crippen LogP contribution in [0.1, 0.15) is 23.1 Å². The third kappa shape index (κ3) is 6.85. The Balaban J connectivity index is 1.70. The maximum absolute atomic E-state index is 10.5. The predicted octanol–water partition coefficient (Wildman–Crippen LogP) is 3.05. The molecule has 1 aliphatic heterocycles. The van der Waals surface area contributed by atoms with Crippen LogP contribution < -0.4 is 20.1 Å². The van der Waals surface area contributed by atoms with Gasteiger partial charge in [0.25, 0.3) is 6.47 Å². The molecule has 0 spiro atoms. The molecule has 0 amide bonds. The number of benzene rings is 1. The van der Waals surface area contributed by atoms with Gasteiger partial charge in [-0.1, -0.05) is 30.9 Å². The van der Waals surface area contributed by atoms with Crippen molar-refractivity contribution in [3.63, 3.8) is 0 Å². The normalized spacial score (nSPS) is 16.1. The molecule has 2 heterocycles. The Morgan fingerprint density at radius 1 is 1.17 bits per heavy atom. The molecule has 6 nitrogen and oxygen atoms in total. The Labute approximate surface area is 171 Å². The zero-order valence-corrected chi connectivity index (χ0v) is 16.5. The van der Waals surface area contributed by atoms with E-state index in [4.69, 9.17) is 9.47 Å². The second-order valence-electron chi connectivity index (χ2n) is 7.00. The Hall–Kier alpha value is -2.96. The van der Waals surface area contributed by atoms with Crippen molar-refractivity contribution >= 4 is 18.6 Å². The van der Waals surface area contributed by atoms with Crippen LogP contribution in [0.3, 0.4) is 0 Å². The minimum absolute atomic E-state index is 0.395. The first-order valence-corrected chi connectivity index (χ1v) is 9.79. The Morgan fingerprint density at radius 3 is 2.83 bits per heavy atom. The highest BCUT2D eigenvalue weighted by Gasteiger charge is 2.13. The van der Waals surface area contributed by atoms with Crippen molar-refractivity contribution in [1.29, 1.82) is 0 Å². The van der Waals surface area contributed by atoms with Gasteiger partial charge in [-0.15, -0.1) is 0 Å². The van der Waals surface area contributed by atoms with E-state index >= 15 is 0 Å². The molecular weight excluding hydrogens is 366 g/mol. The molecule has 0 saturated carbocycles. The van der Waals surface area contributed by atoms with E-state index in [0.717, 1.165) is 48.6 Å². The quantitative estimate of drug-likeness (QED) is 0.452. The van der Waals surface area contributed by atoms with E-state index in [1.807, 2.05) is 18.2 Å². The monoisotopic (exact) mass is 393 g/mol. The molecule has 1 aliphatic rings. The fourth-order valence-electron chi connectivity index (χ4n) is 3.27. The second-order valence-corrected chi connectivity index (χ2v) is 7.00. The van der Waals surface area contributed by atoms with Gasteiger partial charge in [0.1, 0.15) is 18.1 Å². The molecule has 1 unspecified atom stereocenters. The van der Waals surface area contributed by atoms with Crippen LogP contribution in [0.25, 0.3) is 12.2 Å². The first-order valence-electron chi connectivity index (χ1n) is 9.79. The lowest BCUT2D eigenvalue weighted by Gasteiger charge is -2.12. The SMILES string of the molecule is C=CCOc1cc(/C=C/c2cncc(OC=O)c2)cc(CNCC2CCNC2)c1. The summed E-state index contributed by atoms with van der Waals surface area (Å²) in [5.41, 5.74) is 3.02. The van der Waals surface area contributed by atoms with Crippen molar-refractivity contribution in [1.82, 2.24) is 15.6 Å². The van der Waals surface area contributed by atoms with Gasteiger partial charge < -0.3 is 20.1 Å². The highest BCUT2D eigenvalue weighted by atomic mass is 16.5. The fraction of sp³-hybridized carbons (Fsp3) is 0.304. The summed E-state index contributed by atoms with van der Waals surface area (Å²) in [6, 6.07) is 7.94. The number of ether oxygens (including phenoxy) is 2. The molecule has 0 aliphatic carbocycles. The molecule has 152 valence electrons. The average Bonchev–Trinajstić information content (AvgIpc) is 3.25.